The lowest BCUT2D eigenvalue weighted by Crippen LogP contribution is -2.55. The summed E-state index contributed by atoms with van der Waals surface area (Å²) in [7, 11) is 0. The number of hydrogen-bond acceptors (Lipinski definition) is 4. The highest BCUT2D eigenvalue weighted by atomic mass is 32.1. The fourth-order valence-electron chi connectivity index (χ4n) is 4.71. The van der Waals surface area contributed by atoms with Crippen molar-refractivity contribution < 1.29 is 14.4 Å². The standard InChI is InChI=1S/C25H31N3O3S/c1-18-7-5-8-20(17-18)24(30)28-14-10-19(11-15-28)22(25(31)27-12-3-2-4-13-27)26-23(29)21-9-6-16-32-21/h5-9,16-17,19,22H,2-4,10-15H2,1H3,(H,26,29). The molecule has 2 fully saturated rings. The average molecular weight is 454 g/mol. The Kier molecular flexibility index (Phi) is 7.25. The van der Waals surface area contributed by atoms with Crippen LogP contribution in [0, 0.1) is 12.8 Å². The van der Waals surface area contributed by atoms with E-state index in [2.05, 4.69) is 5.32 Å². The second-order valence-corrected chi connectivity index (χ2v) is 9.76. The number of rotatable bonds is 5. The van der Waals surface area contributed by atoms with Gasteiger partial charge in [0.15, 0.2) is 0 Å². The van der Waals surface area contributed by atoms with Crippen LogP contribution < -0.4 is 5.32 Å². The molecule has 0 bridgehead atoms. The maximum Gasteiger partial charge on any atom is 0.262 e. The minimum atomic E-state index is -0.543. The van der Waals surface area contributed by atoms with Crippen LogP contribution in [-0.2, 0) is 4.79 Å². The monoisotopic (exact) mass is 453 g/mol. The molecule has 170 valence electrons. The molecule has 1 atom stereocenters. The van der Waals surface area contributed by atoms with E-state index in [-0.39, 0.29) is 23.6 Å². The maximum absolute atomic E-state index is 13.4. The lowest BCUT2D eigenvalue weighted by molar-refractivity contribution is -0.136. The Morgan fingerprint density at radius 2 is 1.72 bits per heavy atom. The zero-order chi connectivity index (χ0) is 22.5. The molecular weight excluding hydrogens is 422 g/mol. The van der Waals surface area contributed by atoms with Gasteiger partial charge >= 0.3 is 0 Å². The van der Waals surface area contributed by atoms with Crippen LogP contribution in [0.1, 0.15) is 57.7 Å². The van der Waals surface area contributed by atoms with Gasteiger partial charge in [0, 0.05) is 31.7 Å². The topological polar surface area (TPSA) is 69.7 Å². The number of aryl methyl sites for hydroxylation is 1. The number of nitrogens with one attached hydrogen (secondary N) is 1. The zero-order valence-electron chi connectivity index (χ0n) is 18.6. The molecule has 2 aromatic rings. The highest BCUT2D eigenvalue weighted by molar-refractivity contribution is 7.12. The number of hydrogen-bond donors (Lipinski definition) is 1. The molecule has 32 heavy (non-hydrogen) atoms. The summed E-state index contributed by atoms with van der Waals surface area (Å²) in [4.78, 5) is 43.5. The summed E-state index contributed by atoms with van der Waals surface area (Å²) >= 11 is 1.38. The van der Waals surface area contributed by atoms with E-state index in [0.717, 1.165) is 37.9 Å². The van der Waals surface area contributed by atoms with Gasteiger partial charge in [0.2, 0.25) is 5.91 Å². The molecule has 7 heteroatoms. The summed E-state index contributed by atoms with van der Waals surface area (Å²) < 4.78 is 0. The van der Waals surface area contributed by atoms with Gasteiger partial charge in [0.1, 0.15) is 6.04 Å². The second-order valence-electron chi connectivity index (χ2n) is 8.81. The van der Waals surface area contributed by atoms with Gasteiger partial charge in [-0.3, -0.25) is 14.4 Å². The van der Waals surface area contributed by atoms with E-state index in [1.807, 2.05) is 52.4 Å². The number of carbonyl (C=O) groups excluding carboxylic acids is 3. The smallest absolute Gasteiger partial charge is 0.262 e. The van der Waals surface area contributed by atoms with Crippen LogP contribution in [0.15, 0.2) is 41.8 Å². The predicted octanol–water partition coefficient (Wildman–Crippen LogP) is 3.72. The van der Waals surface area contributed by atoms with Crippen molar-refractivity contribution in [1.82, 2.24) is 15.1 Å². The van der Waals surface area contributed by atoms with Crippen molar-refractivity contribution in [3.63, 3.8) is 0 Å². The first-order valence-corrected chi connectivity index (χ1v) is 12.4. The van der Waals surface area contributed by atoms with Crippen LogP contribution in [0.2, 0.25) is 0 Å². The molecule has 0 spiro atoms. The number of amides is 3. The van der Waals surface area contributed by atoms with Gasteiger partial charge in [-0.25, -0.2) is 0 Å². The Morgan fingerprint density at radius 1 is 0.969 bits per heavy atom. The second kappa shape index (κ2) is 10.3. The molecule has 6 nitrogen and oxygen atoms in total. The number of nitrogens with zero attached hydrogens (tertiary/aromatic N) is 2. The normalized spacial score (nSPS) is 18.3. The molecular formula is C25H31N3O3S. The lowest BCUT2D eigenvalue weighted by Gasteiger charge is -2.38. The van der Waals surface area contributed by atoms with E-state index in [1.54, 1.807) is 6.07 Å². The third-order valence-corrected chi connectivity index (χ3v) is 7.40. The molecule has 0 saturated carbocycles. The lowest BCUT2D eigenvalue weighted by atomic mass is 9.87. The van der Waals surface area contributed by atoms with E-state index in [4.69, 9.17) is 0 Å². The minimum Gasteiger partial charge on any atom is -0.341 e. The van der Waals surface area contributed by atoms with Crippen molar-refractivity contribution in [3.8, 4) is 0 Å². The molecule has 0 radical (unpaired) electrons. The summed E-state index contributed by atoms with van der Waals surface area (Å²) in [5.74, 6) is -0.102. The van der Waals surface area contributed by atoms with E-state index >= 15 is 0 Å². The Morgan fingerprint density at radius 3 is 2.38 bits per heavy atom. The Bertz CT molecular complexity index is 945. The first kappa shape index (κ1) is 22.5. The van der Waals surface area contributed by atoms with Crippen molar-refractivity contribution in [2.75, 3.05) is 26.2 Å². The SMILES string of the molecule is Cc1cccc(C(=O)N2CCC(C(NC(=O)c3cccs3)C(=O)N3CCCCC3)CC2)c1. The van der Waals surface area contributed by atoms with Gasteiger partial charge in [-0.1, -0.05) is 23.8 Å². The average Bonchev–Trinajstić information content (AvgIpc) is 3.37. The van der Waals surface area contributed by atoms with E-state index in [0.29, 0.717) is 36.4 Å². The van der Waals surface area contributed by atoms with Crippen molar-refractivity contribution >= 4 is 29.1 Å². The molecule has 4 rings (SSSR count). The molecule has 1 aromatic carbocycles. The van der Waals surface area contributed by atoms with Gasteiger partial charge in [-0.2, -0.15) is 0 Å². The van der Waals surface area contributed by atoms with Crippen LogP contribution in [0.5, 0.6) is 0 Å². The number of piperidine rings is 2. The van der Waals surface area contributed by atoms with Crippen LogP contribution in [0.4, 0.5) is 0 Å². The van der Waals surface area contributed by atoms with Gasteiger partial charge in [0.05, 0.1) is 4.88 Å². The highest BCUT2D eigenvalue weighted by Gasteiger charge is 2.36. The van der Waals surface area contributed by atoms with Crippen LogP contribution in [0.3, 0.4) is 0 Å². The number of likely N-dealkylation sites (tertiary alicyclic amines) is 2. The Labute approximate surface area is 193 Å². The number of carbonyl (C=O) groups is 3. The summed E-state index contributed by atoms with van der Waals surface area (Å²) in [5, 5.41) is 4.91. The van der Waals surface area contributed by atoms with E-state index in [9.17, 15) is 14.4 Å². The molecule has 1 aromatic heterocycles. The van der Waals surface area contributed by atoms with Crippen LogP contribution in [-0.4, -0.2) is 59.7 Å². The van der Waals surface area contributed by atoms with Gasteiger partial charge < -0.3 is 15.1 Å². The Balaban J connectivity index is 1.44. The van der Waals surface area contributed by atoms with Gasteiger partial charge in [0.25, 0.3) is 11.8 Å². The molecule has 2 aliphatic heterocycles. The van der Waals surface area contributed by atoms with E-state index in [1.165, 1.54) is 11.3 Å². The van der Waals surface area contributed by atoms with E-state index < -0.39 is 6.04 Å². The van der Waals surface area contributed by atoms with Crippen molar-refractivity contribution in [1.29, 1.82) is 0 Å². The molecule has 2 saturated heterocycles. The summed E-state index contributed by atoms with van der Waals surface area (Å²) in [5.41, 5.74) is 1.77. The van der Waals surface area contributed by atoms with Crippen molar-refractivity contribution in [2.24, 2.45) is 5.92 Å². The summed E-state index contributed by atoms with van der Waals surface area (Å²) in [6.07, 6.45) is 4.58. The zero-order valence-corrected chi connectivity index (χ0v) is 19.4. The molecule has 2 aliphatic rings. The van der Waals surface area contributed by atoms with Gasteiger partial charge in [-0.15, -0.1) is 11.3 Å². The van der Waals surface area contributed by atoms with Crippen LogP contribution >= 0.6 is 11.3 Å². The van der Waals surface area contributed by atoms with Crippen LogP contribution in [0.25, 0.3) is 0 Å². The third-order valence-electron chi connectivity index (χ3n) is 6.53. The van der Waals surface area contributed by atoms with Gasteiger partial charge in [-0.05, 0) is 68.5 Å². The highest BCUT2D eigenvalue weighted by Crippen LogP contribution is 2.25. The van der Waals surface area contributed by atoms with Crippen molar-refractivity contribution in [2.45, 2.75) is 45.1 Å². The van der Waals surface area contributed by atoms with Crippen molar-refractivity contribution in [3.05, 3.63) is 57.8 Å². The minimum absolute atomic E-state index is 0.0231. The summed E-state index contributed by atoms with van der Waals surface area (Å²) in [6.45, 7) is 4.69. The summed E-state index contributed by atoms with van der Waals surface area (Å²) in [6, 6.07) is 10.7. The fraction of sp³-hybridized carbons (Fsp3) is 0.480. The molecule has 1 unspecified atom stereocenters. The molecule has 0 aliphatic carbocycles. The largest absolute Gasteiger partial charge is 0.341 e. The number of benzene rings is 1. The molecule has 3 amide bonds. The third kappa shape index (κ3) is 5.21. The molecule has 1 N–H and O–H groups in total. The first-order valence-electron chi connectivity index (χ1n) is 11.5. The quantitative estimate of drug-likeness (QED) is 0.750. The number of thiophene rings is 1. The Hall–Kier alpha value is -2.67. The predicted molar refractivity (Wildman–Crippen MR) is 126 cm³/mol. The first-order chi connectivity index (χ1) is 15.5. The molecule has 3 heterocycles. The fourth-order valence-corrected chi connectivity index (χ4v) is 5.34. The maximum atomic E-state index is 13.4.